The number of halogens is 1. The van der Waals surface area contributed by atoms with E-state index in [0.29, 0.717) is 18.9 Å². The van der Waals surface area contributed by atoms with Crippen molar-refractivity contribution in [3.63, 3.8) is 0 Å². The molecule has 0 saturated carbocycles. The molecule has 1 aromatic heterocycles. The second kappa shape index (κ2) is 6.02. The van der Waals surface area contributed by atoms with Gasteiger partial charge >= 0.3 is 5.97 Å². The Bertz CT molecular complexity index is 418. The maximum Gasteiger partial charge on any atom is 0.339 e. The van der Waals surface area contributed by atoms with Gasteiger partial charge in [0, 0.05) is 19.3 Å². The maximum absolute atomic E-state index is 11.1. The highest BCUT2D eigenvalue weighted by molar-refractivity contribution is 5.93. The van der Waals surface area contributed by atoms with Crippen molar-refractivity contribution in [1.29, 1.82) is 0 Å². The Kier molecular flexibility index (Phi) is 4.93. The van der Waals surface area contributed by atoms with Gasteiger partial charge in [0.1, 0.15) is 11.4 Å². The first-order valence-corrected chi connectivity index (χ1v) is 5.66. The van der Waals surface area contributed by atoms with Crippen molar-refractivity contribution in [2.75, 3.05) is 18.0 Å². The van der Waals surface area contributed by atoms with Crippen LogP contribution in [-0.2, 0) is 4.74 Å². The molecule has 0 amide bonds. The third kappa shape index (κ3) is 3.11. The van der Waals surface area contributed by atoms with E-state index in [9.17, 15) is 4.79 Å². The molecule has 0 aromatic carbocycles. The highest BCUT2D eigenvalue weighted by Gasteiger charge is 2.26. The Balaban J connectivity index is 0.00000162. The zero-order valence-electron chi connectivity index (χ0n) is 10.4. The van der Waals surface area contributed by atoms with Gasteiger partial charge in [0.25, 0.3) is 0 Å². The van der Waals surface area contributed by atoms with Gasteiger partial charge in [-0.2, -0.15) is 0 Å². The summed E-state index contributed by atoms with van der Waals surface area (Å²) < 4.78 is 5.62. The number of carbonyl (C=O) groups is 1. The van der Waals surface area contributed by atoms with Crippen LogP contribution in [0.15, 0.2) is 18.3 Å². The molecule has 1 aromatic rings. The van der Waals surface area contributed by atoms with Crippen LogP contribution in [0.4, 0.5) is 5.82 Å². The summed E-state index contributed by atoms with van der Waals surface area (Å²) in [6, 6.07) is 3.22. The number of aromatic carboxylic acids is 1. The Labute approximate surface area is 112 Å². The zero-order valence-corrected chi connectivity index (χ0v) is 11.2. The van der Waals surface area contributed by atoms with E-state index >= 15 is 0 Å². The molecule has 1 aliphatic rings. The molecule has 2 atom stereocenters. The van der Waals surface area contributed by atoms with Crippen LogP contribution in [0.1, 0.15) is 24.2 Å². The average molecular weight is 273 g/mol. The van der Waals surface area contributed by atoms with E-state index < -0.39 is 5.97 Å². The lowest BCUT2D eigenvalue weighted by molar-refractivity contribution is -0.00556. The number of hydrogen-bond acceptors (Lipinski definition) is 4. The number of ether oxygens (including phenoxy) is 1. The summed E-state index contributed by atoms with van der Waals surface area (Å²) in [5.41, 5.74) is 0.244. The van der Waals surface area contributed by atoms with E-state index in [1.165, 1.54) is 0 Å². The lowest BCUT2D eigenvalue weighted by Gasteiger charge is -2.36. The molecule has 1 N–H and O–H groups in total. The van der Waals surface area contributed by atoms with Gasteiger partial charge in [-0.25, -0.2) is 9.78 Å². The van der Waals surface area contributed by atoms with E-state index in [-0.39, 0.29) is 30.2 Å². The molecule has 2 rings (SSSR count). The minimum atomic E-state index is -0.945. The van der Waals surface area contributed by atoms with E-state index in [1.807, 2.05) is 18.7 Å². The molecule has 1 aliphatic heterocycles. The van der Waals surface area contributed by atoms with Gasteiger partial charge in [0.05, 0.1) is 12.2 Å². The number of morpholine rings is 1. The van der Waals surface area contributed by atoms with Crippen LogP contribution in [0.5, 0.6) is 0 Å². The lowest BCUT2D eigenvalue weighted by atomic mass is 10.2. The Morgan fingerprint density at radius 2 is 2.06 bits per heavy atom. The molecule has 0 spiro atoms. The summed E-state index contributed by atoms with van der Waals surface area (Å²) >= 11 is 0. The number of anilines is 1. The largest absolute Gasteiger partial charge is 0.478 e. The fourth-order valence-electron chi connectivity index (χ4n) is 2.17. The summed E-state index contributed by atoms with van der Waals surface area (Å²) in [5, 5.41) is 9.13. The van der Waals surface area contributed by atoms with E-state index in [1.54, 1.807) is 18.3 Å². The third-order valence-electron chi connectivity index (χ3n) is 2.74. The molecule has 1 fully saturated rings. The predicted molar refractivity (Wildman–Crippen MR) is 70.7 cm³/mol. The van der Waals surface area contributed by atoms with Crippen LogP contribution < -0.4 is 4.90 Å². The molecular weight excluding hydrogens is 256 g/mol. The SMILES string of the molecule is CC1CN(c2ncccc2C(=O)O)CC(C)O1.Cl. The van der Waals surface area contributed by atoms with Gasteiger partial charge in [0.2, 0.25) is 0 Å². The monoisotopic (exact) mass is 272 g/mol. The second-order valence-corrected chi connectivity index (χ2v) is 4.34. The van der Waals surface area contributed by atoms with Crippen molar-refractivity contribution >= 4 is 24.2 Å². The van der Waals surface area contributed by atoms with Crippen molar-refractivity contribution in [2.24, 2.45) is 0 Å². The first kappa shape index (κ1) is 14.7. The van der Waals surface area contributed by atoms with Crippen LogP contribution in [-0.4, -0.2) is 41.4 Å². The predicted octanol–water partition coefficient (Wildman–Crippen LogP) is 1.82. The summed E-state index contributed by atoms with van der Waals surface area (Å²) in [6.07, 6.45) is 1.79. The number of carboxylic acids is 1. The van der Waals surface area contributed by atoms with E-state index in [0.717, 1.165) is 0 Å². The minimum Gasteiger partial charge on any atom is -0.478 e. The van der Waals surface area contributed by atoms with Crippen LogP contribution in [0.2, 0.25) is 0 Å². The molecule has 18 heavy (non-hydrogen) atoms. The quantitative estimate of drug-likeness (QED) is 0.890. The standard InChI is InChI=1S/C12H16N2O3.ClH/c1-8-6-14(7-9(2)17-8)11-10(12(15)16)4-3-5-13-11;/h3-5,8-9H,6-7H2,1-2H3,(H,15,16);1H. The van der Waals surface area contributed by atoms with Gasteiger partial charge < -0.3 is 14.7 Å². The molecule has 0 radical (unpaired) electrons. The highest BCUT2D eigenvalue weighted by atomic mass is 35.5. The highest BCUT2D eigenvalue weighted by Crippen LogP contribution is 2.21. The Hall–Kier alpha value is -1.33. The first-order chi connectivity index (χ1) is 8.08. The van der Waals surface area contributed by atoms with Crippen molar-refractivity contribution in [3.05, 3.63) is 23.9 Å². The van der Waals surface area contributed by atoms with Gasteiger partial charge in [-0.3, -0.25) is 0 Å². The number of hydrogen-bond donors (Lipinski definition) is 1. The van der Waals surface area contributed by atoms with Gasteiger partial charge in [0.15, 0.2) is 0 Å². The van der Waals surface area contributed by atoms with E-state index in [2.05, 4.69) is 4.98 Å². The molecule has 0 aliphatic carbocycles. The Morgan fingerprint density at radius 1 is 1.44 bits per heavy atom. The number of pyridine rings is 1. The van der Waals surface area contributed by atoms with Crippen LogP contribution in [0, 0.1) is 0 Å². The molecule has 5 nitrogen and oxygen atoms in total. The van der Waals surface area contributed by atoms with Gasteiger partial charge in [-0.1, -0.05) is 0 Å². The van der Waals surface area contributed by atoms with Crippen molar-refractivity contribution in [1.82, 2.24) is 4.98 Å². The fourth-order valence-corrected chi connectivity index (χ4v) is 2.17. The second-order valence-electron chi connectivity index (χ2n) is 4.34. The molecule has 2 unspecified atom stereocenters. The number of aromatic nitrogens is 1. The van der Waals surface area contributed by atoms with Crippen molar-refractivity contribution in [2.45, 2.75) is 26.1 Å². The summed E-state index contributed by atoms with van der Waals surface area (Å²) in [6.45, 7) is 5.29. The van der Waals surface area contributed by atoms with Crippen LogP contribution in [0.3, 0.4) is 0 Å². The molecule has 1 saturated heterocycles. The average Bonchev–Trinajstić information content (AvgIpc) is 2.27. The van der Waals surface area contributed by atoms with Crippen LogP contribution in [0.25, 0.3) is 0 Å². The molecule has 6 heteroatoms. The lowest BCUT2D eigenvalue weighted by Crippen LogP contribution is -2.46. The molecule has 0 bridgehead atoms. The Morgan fingerprint density at radius 3 is 2.61 bits per heavy atom. The first-order valence-electron chi connectivity index (χ1n) is 5.66. The van der Waals surface area contributed by atoms with E-state index in [4.69, 9.17) is 9.84 Å². The normalized spacial score (nSPS) is 23.3. The van der Waals surface area contributed by atoms with Gasteiger partial charge in [-0.05, 0) is 26.0 Å². The summed E-state index contributed by atoms with van der Waals surface area (Å²) in [7, 11) is 0. The summed E-state index contributed by atoms with van der Waals surface area (Å²) in [4.78, 5) is 17.3. The number of rotatable bonds is 2. The zero-order chi connectivity index (χ0) is 12.4. The van der Waals surface area contributed by atoms with Gasteiger partial charge in [-0.15, -0.1) is 12.4 Å². The smallest absolute Gasteiger partial charge is 0.339 e. The molecule has 2 heterocycles. The maximum atomic E-state index is 11.1. The van der Waals surface area contributed by atoms with Crippen molar-refractivity contribution in [3.8, 4) is 0 Å². The molecular formula is C12H17ClN2O3. The third-order valence-corrected chi connectivity index (χ3v) is 2.74. The summed E-state index contributed by atoms with van der Waals surface area (Å²) in [5.74, 6) is -0.415. The number of nitrogens with zero attached hydrogens (tertiary/aromatic N) is 2. The fraction of sp³-hybridized carbons (Fsp3) is 0.500. The topological polar surface area (TPSA) is 62.7 Å². The minimum absolute atomic E-state index is 0. The number of carboxylic acid groups (broad SMARTS) is 1. The van der Waals surface area contributed by atoms with Crippen LogP contribution >= 0.6 is 12.4 Å². The molecule has 100 valence electrons. The van der Waals surface area contributed by atoms with Crippen molar-refractivity contribution < 1.29 is 14.6 Å².